The van der Waals surface area contributed by atoms with Crippen molar-refractivity contribution in [2.75, 3.05) is 12.4 Å². The smallest absolute Gasteiger partial charge is 0.368 e. The van der Waals surface area contributed by atoms with Gasteiger partial charge < -0.3 is 15.7 Å². The molecule has 31 heavy (non-hydrogen) atoms. The van der Waals surface area contributed by atoms with Gasteiger partial charge in [0, 0.05) is 18.3 Å². The third-order valence-corrected chi connectivity index (χ3v) is 4.81. The van der Waals surface area contributed by atoms with Gasteiger partial charge in [-0.1, -0.05) is 29.3 Å². The number of pyridine rings is 1. The number of halogens is 5. The van der Waals surface area contributed by atoms with Gasteiger partial charge in [0.05, 0.1) is 22.0 Å². The van der Waals surface area contributed by atoms with Gasteiger partial charge in [0.2, 0.25) is 0 Å². The van der Waals surface area contributed by atoms with E-state index < -0.39 is 24.0 Å². The lowest BCUT2D eigenvalue weighted by Crippen LogP contribution is -2.22. The summed E-state index contributed by atoms with van der Waals surface area (Å²) >= 11 is 12.1. The Kier molecular flexibility index (Phi) is 6.44. The number of carbonyl (C=O) groups excluding carboxylic acids is 1. The molecule has 12 heteroatoms. The highest BCUT2D eigenvalue weighted by atomic mass is 35.5. The van der Waals surface area contributed by atoms with Crippen LogP contribution < -0.4 is 10.6 Å². The Morgan fingerprint density at radius 1 is 1.26 bits per heavy atom. The van der Waals surface area contributed by atoms with Crippen LogP contribution in [0.1, 0.15) is 33.5 Å². The first-order valence-corrected chi connectivity index (χ1v) is 9.53. The van der Waals surface area contributed by atoms with E-state index in [1.54, 1.807) is 19.1 Å². The lowest BCUT2D eigenvalue weighted by atomic mass is 10.1. The Balaban J connectivity index is 2.11. The third-order valence-electron chi connectivity index (χ3n) is 4.30. The molecule has 3 rings (SSSR count). The Bertz CT molecular complexity index is 1130. The zero-order valence-corrected chi connectivity index (χ0v) is 17.6. The Hall–Kier alpha value is -2.82. The second-order valence-corrected chi connectivity index (χ2v) is 7.29. The monoisotopic (exact) mass is 473 g/mol. The summed E-state index contributed by atoms with van der Waals surface area (Å²) in [5, 5.41) is 19.5. The molecule has 0 radical (unpaired) electrons. The van der Waals surface area contributed by atoms with Crippen LogP contribution in [0.15, 0.2) is 36.5 Å². The van der Waals surface area contributed by atoms with Crippen molar-refractivity contribution in [3.63, 3.8) is 0 Å². The number of aromatic nitrogens is 3. The highest BCUT2D eigenvalue weighted by Gasteiger charge is 2.36. The van der Waals surface area contributed by atoms with Crippen LogP contribution in [0.2, 0.25) is 10.0 Å². The number of aliphatic hydroxyl groups is 1. The van der Waals surface area contributed by atoms with Crippen molar-refractivity contribution in [1.29, 1.82) is 0 Å². The fourth-order valence-electron chi connectivity index (χ4n) is 2.84. The molecule has 1 atom stereocenters. The zero-order chi connectivity index (χ0) is 22.9. The summed E-state index contributed by atoms with van der Waals surface area (Å²) in [4.78, 5) is 16.3. The van der Waals surface area contributed by atoms with E-state index in [1.165, 1.54) is 25.4 Å². The first-order valence-electron chi connectivity index (χ1n) is 8.77. The average molecular weight is 474 g/mol. The normalized spacial score (nSPS) is 12.5. The number of nitrogens with one attached hydrogen (secondary N) is 2. The van der Waals surface area contributed by atoms with Crippen LogP contribution >= 0.6 is 23.2 Å². The standard InChI is InChI=1S/C19H16Cl2F3N5O2/c1-9-4-3-5-26-16(9)29-13(8-14(28-29)19(22,23)24)18(31)27-15-11(17(30)25-2)6-10(20)7-12(15)21/h3-8,18,27,31H,1-2H3,(H,25,30). The molecule has 2 aromatic heterocycles. The van der Waals surface area contributed by atoms with E-state index >= 15 is 0 Å². The molecule has 164 valence electrons. The van der Waals surface area contributed by atoms with Gasteiger partial charge in [0.1, 0.15) is 0 Å². The number of carbonyl (C=O) groups is 1. The lowest BCUT2D eigenvalue weighted by molar-refractivity contribution is -0.141. The van der Waals surface area contributed by atoms with Crippen molar-refractivity contribution in [2.45, 2.75) is 19.3 Å². The van der Waals surface area contributed by atoms with Gasteiger partial charge in [-0.2, -0.15) is 18.3 Å². The third kappa shape index (κ3) is 4.76. The van der Waals surface area contributed by atoms with Crippen molar-refractivity contribution < 1.29 is 23.1 Å². The van der Waals surface area contributed by atoms with Gasteiger partial charge in [-0.15, -0.1) is 0 Å². The SMILES string of the molecule is CNC(=O)c1cc(Cl)cc(Cl)c1NC(O)c1cc(C(F)(F)F)nn1-c1ncccc1C. The van der Waals surface area contributed by atoms with Gasteiger partial charge in [0.25, 0.3) is 5.91 Å². The number of aryl methyl sites for hydroxylation is 1. The molecule has 0 fully saturated rings. The fraction of sp³-hybridized carbons (Fsp3) is 0.211. The molecule has 0 saturated heterocycles. The Morgan fingerprint density at radius 2 is 1.97 bits per heavy atom. The van der Waals surface area contributed by atoms with E-state index in [0.29, 0.717) is 11.6 Å². The van der Waals surface area contributed by atoms with Crippen molar-refractivity contribution in [2.24, 2.45) is 0 Å². The number of nitrogens with zero attached hydrogens (tertiary/aromatic N) is 3. The molecule has 1 amide bonds. The summed E-state index contributed by atoms with van der Waals surface area (Å²) in [7, 11) is 1.38. The van der Waals surface area contributed by atoms with E-state index in [2.05, 4.69) is 20.7 Å². The van der Waals surface area contributed by atoms with Gasteiger partial charge in [0.15, 0.2) is 17.7 Å². The van der Waals surface area contributed by atoms with E-state index in [0.717, 1.165) is 4.68 Å². The summed E-state index contributed by atoms with van der Waals surface area (Å²) < 4.78 is 40.9. The maximum atomic E-state index is 13.3. The van der Waals surface area contributed by atoms with Gasteiger partial charge in [-0.3, -0.25) is 4.79 Å². The average Bonchev–Trinajstić information content (AvgIpc) is 3.15. The van der Waals surface area contributed by atoms with Crippen LogP contribution in [-0.4, -0.2) is 32.8 Å². The number of amides is 1. The molecule has 0 spiro atoms. The summed E-state index contributed by atoms with van der Waals surface area (Å²) in [5.74, 6) is -0.466. The fourth-order valence-corrected chi connectivity index (χ4v) is 3.39. The lowest BCUT2D eigenvalue weighted by Gasteiger charge is -2.19. The predicted molar refractivity (Wildman–Crippen MR) is 110 cm³/mol. The molecular weight excluding hydrogens is 458 g/mol. The molecular formula is C19H16Cl2F3N5O2. The van der Waals surface area contributed by atoms with Crippen LogP contribution in [0, 0.1) is 6.92 Å². The number of benzene rings is 1. The van der Waals surface area contributed by atoms with Crippen LogP contribution in [0.25, 0.3) is 5.82 Å². The second kappa shape index (κ2) is 8.74. The maximum absolute atomic E-state index is 13.3. The van der Waals surface area contributed by atoms with Crippen molar-refractivity contribution in [1.82, 2.24) is 20.1 Å². The molecule has 1 aromatic carbocycles. The minimum Gasteiger partial charge on any atom is -0.368 e. The number of anilines is 1. The summed E-state index contributed by atoms with van der Waals surface area (Å²) in [5.41, 5.74) is -0.972. The van der Waals surface area contributed by atoms with Crippen molar-refractivity contribution >= 4 is 34.8 Å². The quantitative estimate of drug-likeness (QED) is 0.478. The van der Waals surface area contributed by atoms with Gasteiger partial charge in [-0.05, 0) is 36.8 Å². The van der Waals surface area contributed by atoms with Gasteiger partial charge >= 0.3 is 6.18 Å². The second-order valence-electron chi connectivity index (χ2n) is 6.44. The number of hydrogen-bond acceptors (Lipinski definition) is 5. The van der Waals surface area contributed by atoms with E-state index in [4.69, 9.17) is 23.2 Å². The molecule has 0 bridgehead atoms. The number of rotatable bonds is 5. The molecule has 7 nitrogen and oxygen atoms in total. The molecule has 1 unspecified atom stereocenters. The predicted octanol–water partition coefficient (Wildman–Crippen LogP) is 4.36. The summed E-state index contributed by atoms with van der Waals surface area (Å²) in [6, 6.07) is 6.58. The number of hydrogen-bond donors (Lipinski definition) is 3. The molecule has 3 aromatic rings. The van der Waals surface area contributed by atoms with Crippen LogP contribution in [0.3, 0.4) is 0 Å². The first kappa shape index (κ1) is 22.9. The zero-order valence-electron chi connectivity index (χ0n) is 16.1. The van der Waals surface area contributed by atoms with Crippen LogP contribution in [-0.2, 0) is 6.18 Å². The molecule has 3 N–H and O–H groups in total. The molecule has 0 saturated carbocycles. The number of aliphatic hydroxyl groups excluding tert-OH is 1. The molecule has 2 heterocycles. The van der Waals surface area contributed by atoms with E-state index in [9.17, 15) is 23.1 Å². The minimum atomic E-state index is -4.76. The summed E-state index contributed by atoms with van der Waals surface area (Å²) in [6.07, 6.45) is -5.10. The minimum absolute atomic E-state index is 0.00447. The van der Waals surface area contributed by atoms with Crippen molar-refractivity contribution in [3.05, 3.63) is 69.1 Å². The molecule has 0 aliphatic rings. The van der Waals surface area contributed by atoms with Crippen LogP contribution in [0.5, 0.6) is 0 Å². The summed E-state index contributed by atoms with van der Waals surface area (Å²) in [6.45, 7) is 1.64. The Morgan fingerprint density at radius 3 is 2.58 bits per heavy atom. The van der Waals surface area contributed by atoms with Crippen molar-refractivity contribution in [3.8, 4) is 5.82 Å². The molecule has 0 aliphatic heterocycles. The highest BCUT2D eigenvalue weighted by Crippen LogP contribution is 2.35. The highest BCUT2D eigenvalue weighted by molar-refractivity contribution is 6.37. The van der Waals surface area contributed by atoms with Gasteiger partial charge in [-0.25, -0.2) is 9.67 Å². The number of alkyl halides is 3. The molecule has 0 aliphatic carbocycles. The van der Waals surface area contributed by atoms with Crippen LogP contribution in [0.4, 0.5) is 18.9 Å². The van der Waals surface area contributed by atoms with E-state index in [1.807, 2.05) is 0 Å². The Labute approximate surface area is 184 Å². The largest absolute Gasteiger partial charge is 0.435 e. The maximum Gasteiger partial charge on any atom is 0.435 e. The van der Waals surface area contributed by atoms with E-state index in [-0.39, 0.29) is 32.8 Å². The first-order chi connectivity index (χ1) is 14.5. The topological polar surface area (TPSA) is 92.1 Å².